The van der Waals surface area contributed by atoms with Gasteiger partial charge < -0.3 is 10.5 Å². The Labute approximate surface area is 93.5 Å². The number of aromatic nitrogens is 1. The average molecular weight is 228 g/mol. The predicted octanol–water partition coefficient (Wildman–Crippen LogP) is 1.98. The number of nitrogens with two attached hydrogens (primary N) is 1. The summed E-state index contributed by atoms with van der Waals surface area (Å²) in [6.07, 6.45) is 0. The minimum Gasteiger partial charge on any atom is -0.464 e. The number of ether oxygens (including phenoxy) is 1. The highest BCUT2D eigenvalue weighted by Gasteiger charge is 2.25. The van der Waals surface area contributed by atoms with Gasteiger partial charge in [0.1, 0.15) is 5.01 Å². The smallest absolute Gasteiger partial charge is 0.357 e. The van der Waals surface area contributed by atoms with Crippen LogP contribution < -0.4 is 5.73 Å². The van der Waals surface area contributed by atoms with E-state index in [1.807, 2.05) is 20.8 Å². The van der Waals surface area contributed by atoms with Crippen LogP contribution in [0.15, 0.2) is 5.38 Å². The molecule has 1 aromatic heterocycles. The number of carbonyl (C=O) groups excluding carboxylic acids is 1. The second-order valence-corrected chi connectivity index (χ2v) is 5.30. The van der Waals surface area contributed by atoms with Crippen molar-refractivity contribution in [3.05, 3.63) is 16.1 Å². The Morgan fingerprint density at radius 3 is 2.67 bits per heavy atom. The Morgan fingerprint density at radius 1 is 1.60 bits per heavy atom. The van der Waals surface area contributed by atoms with Crippen molar-refractivity contribution in [1.82, 2.24) is 4.98 Å². The molecule has 4 nitrogen and oxygen atoms in total. The molecule has 0 fully saturated rings. The lowest BCUT2D eigenvalue weighted by molar-refractivity contribution is 0.0594. The van der Waals surface area contributed by atoms with Crippen LogP contribution in [0.2, 0.25) is 0 Å². The van der Waals surface area contributed by atoms with E-state index in [0.717, 1.165) is 5.01 Å². The van der Waals surface area contributed by atoms with Gasteiger partial charge in [0.2, 0.25) is 0 Å². The summed E-state index contributed by atoms with van der Waals surface area (Å²) >= 11 is 1.39. The molecule has 0 bridgehead atoms. The van der Waals surface area contributed by atoms with E-state index in [4.69, 9.17) is 5.73 Å². The van der Waals surface area contributed by atoms with Crippen LogP contribution in [0.5, 0.6) is 0 Å². The summed E-state index contributed by atoms with van der Waals surface area (Å²) in [6, 6.07) is -0.166. The minimum absolute atomic E-state index is 0.0642. The van der Waals surface area contributed by atoms with Crippen molar-refractivity contribution in [3.63, 3.8) is 0 Å². The van der Waals surface area contributed by atoms with Crippen molar-refractivity contribution < 1.29 is 9.53 Å². The number of nitrogens with zero attached hydrogens (tertiary/aromatic N) is 1. The number of esters is 1. The second kappa shape index (κ2) is 4.28. The number of carbonyl (C=O) groups is 1. The van der Waals surface area contributed by atoms with Gasteiger partial charge in [-0.3, -0.25) is 0 Å². The molecule has 0 aromatic carbocycles. The zero-order chi connectivity index (χ0) is 11.6. The van der Waals surface area contributed by atoms with Crippen molar-refractivity contribution in [2.24, 2.45) is 11.1 Å². The molecule has 5 heteroatoms. The van der Waals surface area contributed by atoms with E-state index in [9.17, 15) is 4.79 Å². The number of thiazole rings is 1. The fraction of sp³-hybridized carbons (Fsp3) is 0.600. The Bertz CT molecular complexity index is 355. The molecule has 0 radical (unpaired) electrons. The van der Waals surface area contributed by atoms with Crippen LogP contribution >= 0.6 is 11.3 Å². The molecule has 0 saturated heterocycles. The van der Waals surface area contributed by atoms with E-state index in [1.54, 1.807) is 5.38 Å². The van der Waals surface area contributed by atoms with Crippen molar-refractivity contribution >= 4 is 17.3 Å². The lowest BCUT2D eigenvalue weighted by Crippen LogP contribution is -2.26. The van der Waals surface area contributed by atoms with Gasteiger partial charge >= 0.3 is 5.97 Å². The molecule has 0 saturated carbocycles. The first-order valence-corrected chi connectivity index (χ1v) is 5.53. The molecule has 1 rings (SSSR count). The maximum atomic E-state index is 11.2. The number of hydrogen-bond acceptors (Lipinski definition) is 5. The van der Waals surface area contributed by atoms with Gasteiger partial charge in [-0.25, -0.2) is 9.78 Å². The molecule has 1 heterocycles. The zero-order valence-electron chi connectivity index (χ0n) is 9.40. The molecule has 0 spiro atoms. The summed E-state index contributed by atoms with van der Waals surface area (Å²) in [5.41, 5.74) is 6.29. The molecule has 2 N–H and O–H groups in total. The third-order valence-corrected chi connectivity index (χ3v) is 3.04. The van der Waals surface area contributed by atoms with Gasteiger partial charge in [-0.05, 0) is 5.41 Å². The van der Waals surface area contributed by atoms with Crippen LogP contribution in [0.25, 0.3) is 0 Å². The van der Waals surface area contributed by atoms with E-state index < -0.39 is 5.97 Å². The van der Waals surface area contributed by atoms with E-state index in [-0.39, 0.29) is 11.5 Å². The third kappa shape index (κ3) is 2.76. The van der Waals surface area contributed by atoms with E-state index in [2.05, 4.69) is 9.72 Å². The molecule has 0 aliphatic heterocycles. The predicted molar refractivity (Wildman–Crippen MR) is 59.8 cm³/mol. The summed E-state index contributed by atoms with van der Waals surface area (Å²) in [4.78, 5) is 15.3. The monoisotopic (exact) mass is 228 g/mol. The molecule has 0 aliphatic rings. The lowest BCUT2D eigenvalue weighted by Gasteiger charge is -2.24. The van der Waals surface area contributed by atoms with E-state index in [0.29, 0.717) is 5.69 Å². The standard InChI is InChI=1S/C10H16N2O2S/c1-10(2,3)7(11)8-12-6(5-15-8)9(13)14-4/h5,7H,11H2,1-4H3. The number of hydrogen-bond donors (Lipinski definition) is 1. The molecule has 84 valence electrons. The highest BCUT2D eigenvalue weighted by molar-refractivity contribution is 7.09. The maximum absolute atomic E-state index is 11.2. The van der Waals surface area contributed by atoms with Gasteiger partial charge in [-0.15, -0.1) is 11.3 Å². The summed E-state index contributed by atoms with van der Waals surface area (Å²) < 4.78 is 4.58. The summed E-state index contributed by atoms with van der Waals surface area (Å²) in [7, 11) is 1.34. The van der Waals surface area contributed by atoms with Crippen LogP contribution in [0.4, 0.5) is 0 Å². The van der Waals surface area contributed by atoms with E-state index in [1.165, 1.54) is 18.4 Å². The van der Waals surface area contributed by atoms with Crippen molar-refractivity contribution in [3.8, 4) is 0 Å². The topological polar surface area (TPSA) is 65.2 Å². The Kier molecular flexibility index (Phi) is 3.46. The zero-order valence-corrected chi connectivity index (χ0v) is 10.2. The number of methoxy groups -OCH3 is 1. The van der Waals surface area contributed by atoms with Gasteiger partial charge in [-0.2, -0.15) is 0 Å². The van der Waals surface area contributed by atoms with Gasteiger partial charge in [-0.1, -0.05) is 20.8 Å². The molecule has 1 atom stereocenters. The molecule has 15 heavy (non-hydrogen) atoms. The Balaban J connectivity index is 2.89. The first kappa shape index (κ1) is 12.1. The van der Waals surface area contributed by atoms with Crippen molar-refractivity contribution in [2.75, 3.05) is 7.11 Å². The fourth-order valence-corrected chi connectivity index (χ4v) is 2.03. The minimum atomic E-state index is -0.418. The summed E-state index contributed by atoms with van der Waals surface area (Å²) in [5.74, 6) is -0.418. The highest BCUT2D eigenvalue weighted by atomic mass is 32.1. The van der Waals surface area contributed by atoms with Gasteiger partial charge in [0, 0.05) is 5.38 Å². The van der Waals surface area contributed by atoms with Crippen LogP contribution in [0.3, 0.4) is 0 Å². The van der Waals surface area contributed by atoms with Gasteiger partial charge in [0.05, 0.1) is 13.2 Å². The van der Waals surface area contributed by atoms with Gasteiger partial charge in [0.25, 0.3) is 0 Å². The molecule has 0 amide bonds. The number of rotatable bonds is 2. The van der Waals surface area contributed by atoms with Crippen LogP contribution in [-0.2, 0) is 4.74 Å². The van der Waals surface area contributed by atoms with E-state index >= 15 is 0 Å². The fourth-order valence-electron chi connectivity index (χ4n) is 0.999. The highest BCUT2D eigenvalue weighted by Crippen LogP contribution is 2.32. The van der Waals surface area contributed by atoms with Crippen molar-refractivity contribution in [2.45, 2.75) is 26.8 Å². The van der Waals surface area contributed by atoms with Crippen LogP contribution in [-0.4, -0.2) is 18.1 Å². The second-order valence-electron chi connectivity index (χ2n) is 4.41. The summed E-state index contributed by atoms with van der Waals surface area (Å²) in [5, 5.41) is 2.44. The van der Waals surface area contributed by atoms with Crippen LogP contribution in [0.1, 0.15) is 42.3 Å². The first-order chi connectivity index (χ1) is 6.86. The third-order valence-electron chi connectivity index (χ3n) is 2.12. The Morgan fingerprint density at radius 2 is 2.20 bits per heavy atom. The molecule has 1 aromatic rings. The molecule has 1 unspecified atom stereocenters. The van der Waals surface area contributed by atoms with Gasteiger partial charge in [0.15, 0.2) is 5.69 Å². The SMILES string of the molecule is COC(=O)c1csc(C(N)C(C)(C)C)n1. The average Bonchev–Trinajstić information content (AvgIpc) is 2.62. The summed E-state index contributed by atoms with van der Waals surface area (Å²) in [6.45, 7) is 6.12. The Hall–Kier alpha value is -0.940. The molecular weight excluding hydrogens is 212 g/mol. The van der Waals surface area contributed by atoms with Crippen molar-refractivity contribution in [1.29, 1.82) is 0 Å². The largest absolute Gasteiger partial charge is 0.464 e. The first-order valence-electron chi connectivity index (χ1n) is 4.65. The quantitative estimate of drug-likeness (QED) is 0.786. The molecular formula is C10H16N2O2S. The lowest BCUT2D eigenvalue weighted by atomic mass is 9.88. The normalized spacial score (nSPS) is 13.7. The molecule has 0 aliphatic carbocycles. The van der Waals surface area contributed by atoms with Crippen LogP contribution in [0, 0.1) is 5.41 Å². The maximum Gasteiger partial charge on any atom is 0.357 e.